The standard InChI is InChI=1S/C20H27N3O/c1-15(2)23(3)14-18-6-4-5-17(11-18)13-22-20(24)12-16-7-9-19(21)10-8-16/h4-11,15H,12-14,21H2,1-3H3,(H,22,24). The third-order valence-corrected chi connectivity index (χ3v) is 4.14. The zero-order chi connectivity index (χ0) is 17.5. The van der Waals surface area contributed by atoms with Crippen LogP contribution in [0, 0.1) is 0 Å². The molecule has 0 saturated heterocycles. The Bertz CT molecular complexity index is 665. The van der Waals surface area contributed by atoms with Crippen LogP contribution in [0.1, 0.15) is 30.5 Å². The number of nitrogens with zero attached hydrogens (tertiary/aromatic N) is 1. The first-order chi connectivity index (χ1) is 11.4. The van der Waals surface area contributed by atoms with Crippen LogP contribution >= 0.6 is 0 Å². The summed E-state index contributed by atoms with van der Waals surface area (Å²) in [6.45, 7) is 5.82. The van der Waals surface area contributed by atoms with Crippen molar-refractivity contribution in [1.29, 1.82) is 0 Å². The monoisotopic (exact) mass is 325 g/mol. The number of amides is 1. The Labute approximate surface area is 144 Å². The molecule has 128 valence electrons. The van der Waals surface area contributed by atoms with Crippen molar-refractivity contribution in [3.63, 3.8) is 0 Å². The second-order valence-corrected chi connectivity index (χ2v) is 6.52. The van der Waals surface area contributed by atoms with Crippen molar-refractivity contribution in [2.24, 2.45) is 0 Å². The molecule has 0 radical (unpaired) electrons. The number of nitrogens with two attached hydrogens (primary N) is 1. The summed E-state index contributed by atoms with van der Waals surface area (Å²) in [5.74, 6) is 0.0180. The fraction of sp³-hybridized carbons (Fsp3) is 0.350. The smallest absolute Gasteiger partial charge is 0.224 e. The Hall–Kier alpha value is -2.33. The number of carbonyl (C=O) groups is 1. The van der Waals surface area contributed by atoms with Crippen LogP contribution in [-0.4, -0.2) is 23.9 Å². The molecule has 0 atom stereocenters. The van der Waals surface area contributed by atoms with Gasteiger partial charge in [0.1, 0.15) is 0 Å². The van der Waals surface area contributed by atoms with E-state index in [9.17, 15) is 4.79 Å². The lowest BCUT2D eigenvalue weighted by Gasteiger charge is -2.21. The summed E-state index contributed by atoms with van der Waals surface area (Å²) in [6.07, 6.45) is 0.371. The van der Waals surface area contributed by atoms with Gasteiger partial charge in [0.15, 0.2) is 0 Å². The molecule has 0 bridgehead atoms. The molecule has 0 spiro atoms. The molecular weight excluding hydrogens is 298 g/mol. The lowest BCUT2D eigenvalue weighted by atomic mass is 10.1. The van der Waals surface area contributed by atoms with E-state index in [-0.39, 0.29) is 5.91 Å². The van der Waals surface area contributed by atoms with Crippen LogP contribution in [0.4, 0.5) is 5.69 Å². The van der Waals surface area contributed by atoms with Gasteiger partial charge in [-0.05, 0) is 49.7 Å². The second kappa shape index (κ2) is 8.50. The van der Waals surface area contributed by atoms with Crippen molar-refractivity contribution in [1.82, 2.24) is 10.2 Å². The predicted octanol–water partition coefficient (Wildman–Crippen LogP) is 2.97. The lowest BCUT2D eigenvalue weighted by Crippen LogP contribution is -2.26. The van der Waals surface area contributed by atoms with Crippen LogP contribution in [0.15, 0.2) is 48.5 Å². The van der Waals surface area contributed by atoms with E-state index in [0.29, 0.717) is 24.7 Å². The van der Waals surface area contributed by atoms with E-state index in [2.05, 4.69) is 43.2 Å². The van der Waals surface area contributed by atoms with Crippen LogP contribution < -0.4 is 11.1 Å². The van der Waals surface area contributed by atoms with Gasteiger partial charge < -0.3 is 11.1 Å². The van der Waals surface area contributed by atoms with Crippen molar-refractivity contribution < 1.29 is 4.79 Å². The normalized spacial score (nSPS) is 11.0. The van der Waals surface area contributed by atoms with E-state index >= 15 is 0 Å². The number of nitrogen functional groups attached to an aromatic ring is 1. The summed E-state index contributed by atoms with van der Waals surface area (Å²) in [4.78, 5) is 14.4. The van der Waals surface area contributed by atoms with E-state index in [1.165, 1.54) is 5.56 Å². The molecule has 0 fully saturated rings. The Morgan fingerprint density at radius 3 is 2.42 bits per heavy atom. The molecule has 2 aromatic rings. The van der Waals surface area contributed by atoms with Gasteiger partial charge in [-0.1, -0.05) is 36.4 Å². The van der Waals surface area contributed by atoms with Gasteiger partial charge in [0.25, 0.3) is 0 Å². The van der Waals surface area contributed by atoms with E-state index in [1.54, 1.807) is 0 Å². The molecule has 0 saturated carbocycles. The van der Waals surface area contributed by atoms with Gasteiger partial charge in [-0.2, -0.15) is 0 Å². The molecule has 3 N–H and O–H groups in total. The first kappa shape index (κ1) is 18.0. The van der Waals surface area contributed by atoms with Gasteiger partial charge in [0, 0.05) is 24.8 Å². The van der Waals surface area contributed by atoms with Crippen molar-refractivity contribution in [2.75, 3.05) is 12.8 Å². The van der Waals surface area contributed by atoms with Crippen LogP contribution in [0.2, 0.25) is 0 Å². The summed E-state index contributed by atoms with van der Waals surface area (Å²) < 4.78 is 0. The zero-order valence-corrected chi connectivity index (χ0v) is 14.8. The Balaban J connectivity index is 1.87. The fourth-order valence-electron chi connectivity index (χ4n) is 2.39. The van der Waals surface area contributed by atoms with Gasteiger partial charge in [0.05, 0.1) is 6.42 Å². The lowest BCUT2D eigenvalue weighted by molar-refractivity contribution is -0.120. The van der Waals surface area contributed by atoms with Crippen LogP contribution in [0.3, 0.4) is 0 Å². The Morgan fingerprint density at radius 1 is 1.08 bits per heavy atom. The maximum Gasteiger partial charge on any atom is 0.224 e. The average Bonchev–Trinajstić information content (AvgIpc) is 2.55. The quantitative estimate of drug-likeness (QED) is 0.770. The van der Waals surface area contributed by atoms with Crippen LogP contribution in [0.5, 0.6) is 0 Å². The van der Waals surface area contributed by atoms with Gasteiger partial charge in [0.2, 0.25) is 5.91 Å². The number of carbonyl (C=O) groups excluding carboxylic acids is 1. The SMILES string of the molecule is CC(C)N(C)Cc1cccc(CNC(=O)Cc2ccc(N)cc2)c1. The summed E-state index contributed by atoms with van der Waals surface area (Å²) >= 11 is 0. The molecule has 2 aromatic carbocycles. The van der Waals surface area contributed by atoms with Gasteiger partial charge in [-0.15, -0.1) is 0 Å². The third-order valence-electron chi connectivity index (χ3n) is 4.14. The summed E-state index contributed by atoms with van der Waals surface area (Å²) in [6, 6.07) is 16.3. The van der Waals surface area contributed by atoms with Crippen LogP contribution in [0.25, 0.3) is 0 Å². The van der Waals surface area contributed by atoms with E-state index < -0.39 is 0 Å². The topological polar surface area (TPSA) is 58.4 Å². The van der Waals surface area contributed by atoms with E-state index in [1.807, 2.05) is 36.4 Å². The molecule has 0 aromatic heterocycles. The predicted molar refractivity (Wildman–Crippen MR) is 99.5 cm³/mol. The minimum absolute atomic E-state index is 0.0180. The van der Waals surface area contributed by atoms with Crippen LogP contribution in [-0.2, 0) is 24.3 Å². The molecule has 4 heteroatoms. The zero-order valence-electron chi connectivity index (χ0n) is 14.8. The second-order valence-electron chi connectivity index (χ2n) is 6.52. The molecule has 0 aliphatic carbocycles. The van der Waals surface area contributed by atoms with Gasteiger partial charge in [-0.3, -0.25) is 9.69 Å². The molecule has 4 nitrogen and oxygen atoms in total. The minimum Gasteiger partial charge on any atom is -0.399 e. The Morgan fingerprint density at radius 2 is 1.75 bits per heavy atom. The average molecular weight is 325 g/mol. The first-order valence-electron chi connectivity index (χ1n) is 8.33. The molecule has 0 unspecified atom stereocenters. The summed E-state index contributed by atoms with van der Waals surface area (Å²) in [7, 11) is 2.12. The molecular formula is C20H27N3O. The highest BCUT2D eigenvalue weighted by Crippen LogP contribution is 2.10. The molecule has 0 aliphatic rings. The summed E-state index contributed by atoms with van der Waals surface area (Å²) in [5, 5.41) is 2.98. The van der Waals surface area contributed by atoms with Crippen molar-refractivity contribution in [3.05, 3.63) is 65.2 Å². The van der Waals surface area contributed by atoms with Crippen molar-refractivity contribution >= 4 is 11.6 Å². The number of nitrogens with one attached hydrogen (secondary N) is 1. The number of hydrogen-bond acceptors (Lipinski definition) is 3. The molecule has 2 rings (SSSR count). The van der Waals surface area contributed by atoms with Crippen molar-refractivity contribution in [3.8, 4) is 0 Å². The Kier molecular flexibility index (Phi) is 6.38. The number of benzene rings is 2. The number of hydrogen-bond donors (Lipinski definition) is 2. The van der Waals surface area contributed by atoms with Crippen molar-refractivity contribution in [2.45, 2.75) is 39.4 Å². The van der Waals surface area contributed by atoms with E-state index in [4.69, 9.17) is 5.73 Å². The number of anilines is 1. The fourth-order valence-corrected chi connectivity index (χ4v) is 2.39. The van der Waals surface area contributed by atoms with E-state index in [0.717, 1.165) is 17.7 Å². The largest absolute Gasteiger partial charge is 0.399 e. The molecule has 0 heterocycles. The van der Waals surface area contributed by atoms with Gasteiger partial charge >= 0.3 is 0 Å². The summed E-state index contributed by atoms with van der Waals surface area (Å²) in [5.41, 5.74) is 9.71. The first-order valence-corrected chi connectivity index (χ1v) is 8.33. The van der Waals surface area contributed by atoms with Gasteiger partial charge in [-0.25, -0.2) is 0 Å². The highest BCUT2D eigenvalue weighted by atomic mass is 16.1. The maximum atomic E-state index is 12.1. The maximum absolute atomic E-state index is 12.1. The highest BCUT2D eigenvalue weighted by molar-refractivity contribution is 5.78. The third kappa shape index (κ3) is 5.70. The molecule has 0 aliphatic heterocycles. The minimum atomic E-state index is 0.0180. The highest BCUT2D eigenvalue weighted by Gasteiger charge is 2.06. The molecule has 1 amide bonds. The molecule has 24 heavy (non-hydrogen) atoms. The number of rotatable bonds is 7.